The minimum atomic E-state index is -4.30. The van der Waals surface area contributed by atoms with Crippen LogP contribution in [0.5, 0.6) is 5.75 Å². The Morgan fingerprint density at radius 3 is 1.78 bits per heavy atom. The van der Waals surface area contributed by atoms with Crippen molar-refractivity contribution in [1.29, 1.82) is 0 Å². The largest absolute Gasteiger partial charge is 0.748 e. The third-order valence-electron chi connectivity index (χ3n) is 10.4. The van der Waals surface area contributed by atoms with E-state index >= 15 is 0 Å². The number of carbonyl (C=O) groups is 2. The SMILES string of the molecule is CCC(C)(C)C(=O)OCCS(=O)(=O)[O-].Cc1cc([S+](c2ccccc2)c2ccccc2)cc(C)c1OCC(=O)OC1C2CC3CC(C2)CC1C3. The summed E-state index contributed by atoms with van der Waals surface area (Å²) in [5, 5.41) is 0. The van der Waals surface area contributed by atoms with Crippen LogP contribution < -0.4 is 4.74 Å². The van der Waals surface area contributed by atoms with Crippen LogP contribution in [0.25, 0.3) is 0 Å². The summed E-state index contributed by atoms with van der Waals surface area (Å²) in [6, 6.07) is 25.8. The Morgan fingerprint density at radius 1 is 0.820 bits per heavy atom. The van der Waals surface area contributed by atoms with E-state index in [1.54, 1.807) is 13.8 Å². The minimum Gasteiger partial charge on any atom is -0.748 e. The lowest BCUT2D eigenvalue weighted by molar-refractivity contribution is -0.172. The van der Waals surface area contributed by atoms with Crippen LogP contribution in [0.4, 0.5) is 0 Å². The molecule has 8 nitrogen and oxygen atoms in total. The van der Waals surface area contributed by atoms with Gasteiger partial charge in [-0.2, -0.15) is 0 Å². The van der Waals surface area contributed by atoms with Gasteiger partial charge in [-0.05, 0) is 125 Å². The van der Waals surface area contributed by atoms with Gasteiger partial charge >= 0.3 is 11.9 Å². The van der Waals surface area contributed by atoms with Crippen molar-refractivity contribution in [2.75, 3.05) is 19.0 Å². The maximum atomic E-state index is 12.8. The molecule has 0 saturated heterocycles. The van der Waals surface area contributed by atoms with Crippen molar-refractivity contribution in [1.82, 2.24) is 0 Å². The molecule has 3 aromatic carbocycles. The van der Waals surface area contributed by atoms with Gasteiger partial charge < -0.3 is 18.8 Å². The number of aryl methyl sites for hydroxylation is 2. The summed E-state index contributed by atoms with van der Waals surface area (Å²) < 4.78 is 47.4. The quantitative estimate of drug-likeness (QED) is 0.106. The summed E-state index contributed by atoms with van der Waals surface area (Å²) in [7, 11) is -4.51. The van der Waals surface area contributed by atoms with Crippen molar-refractivity contribution in [3.8, 4) is 5.75 Å². The lowest BCUT2D eigenvalue weighted by Gasteiger charge is -2.53. The summed E-state index contributed by atoms with van der Waals surface area (Å²) >= 11 is 0. The molecule has 0 N–H and O–H groups in total. The average Bonchev–Trinajstić information content (AvgIpc) is 3.06. The van der Waals surface area contributed by atoms with Crippen LogP contribution >= 0.6 is 0 Å². The molecule has 0 aliphatic heterocycles. The number of carbonyl (C=O) groups excluding carboxylic acids is 2. The third-order valence-corrected chi connectivity index (χ3v) is 13.2. The van der Waals surface area contributed by atoms with Crippen LogP contribution in [0.3, 0.4) is 0 Å². The van der Waals surface area contributed by atoms with Gasteiger partial charge in [-0.3, -0.25) is 4.79 Å². The Hall–Kier alpha value is -3.34. The van der Waals surface area contributed by atoms with Gasteiger partial charge in [0.25, 0.3) is 0 Å². The van der Waals surface area contributed by atoms with Gasteiger partial charge in [-0.25, -0.2) is 13.2 Å². The Bertz CT molecular complexity index is 1630. The maximum absolute atomic E-state index is 12.8. The minimum absolute atomic E-state index is 0.0209. The highest BCUT2D eigenvalue weighted by atomic mass is 32.2. The monoisotopic (exact) mass is 722 g/mol. The normalized spacial score (nSPS) is 22.4. The maximum Gasteiger partial charge on any atom is 0.344 e. The summed E-state index contributed by atoms with van der Waals surface area (Å²) in [6.45, 7) is 8.98. The Balaban J connectivity index is 0.000000296. The summed E-state index contributed by atoms with van der Waals surface area (Å²) in [6.07, 6.45) is 7.09. The standard InChI is InChI=1S/C32H35O3S.C8H16O5S/c1-21-13-29(36(27-9-5-3-6-10-27)28-11-7-4-8-12-28)14-22(2)31(21)34-20-30(33)35-32-25-16-23-15-24(18-25)19-26(32)17-23;1-4-8(2,3)7(9)13-5-6-14(10,11)12/h3-14,23-26,32H,15-20H2,1-2H3;4-6H2,1-3H3,(H,10,11,12)/q+1;/p-1. The fourth-order valence-corrected chi connectivity index (χ4v) is 10.3. The van der Waals surface area contributed by atoms with Crippen molar-refractivity contribution in [2.24, 2.45) is 29.1 Å². The van der Waals surface area contributed by atoms with Crippen molar-refractivity contribution in [3.63, 3.8) is 0 Å². The van der Waals surface area contributed by atoms with E-state index in [1.807, 2.05) is 6.92 Å². The van der Waals surface area contributed by atoms with Crippen molar-refractivity contribution >= 4 is 33.0 Å². The molecular weight excluding hydrogens is 673 g/mol. The van der Waals surface area contributed by atoms with Crippen molar-refractivity contribution in [3.05, 3.63) is 83.9 Å². The predicted molar refractivity (Wildman–Crippen MR) is 193 cm³/mol. The smallest absolute Gasteiger partial charge is 0.344 e. The lowest BCUT2D eigenvalue weighted by atomic mass is 9.55. The highest BCUT2D eigenvalue weighted by Crippen LogP contribution is 2.54. The van der Waals surface area contributed by atoms with Gasteiger partial charge in [0.05, 0.1) is 32.2 Å². The van der Waals surface area contributed by atoms with Crippen LogP contribution in [0.1, 0.15) is 70.4 Å². The number of hydrogen-bond donors (Lipinski definition) is 0. The topological polar surface area (TPSA) is 119 Å². The summed E-state index contributed by atoms with van der Waals surface area (Å²) in [5.41, 5.74) is 1.47. The molecule has 4 fully saturated rings. The van der Waals surface area contributed by atoms with Crippen LogP contribution in [0.15, 0.2) is 87.5 Å². The molecule has 270 valence electrons. The zero-order valence-corrected chi connectivity index (χ0v) is 31.4. The lowest BCUT2D eigenvalue weighted by Crippen LogP contribution is -2.50. The zero-order valence-electron chi connectivity index (χ0n) is 29.8. The molecule has 0 atom stereocenters. The van der Waals surface area contributed by atoms with E-state index in [-0.39, 0.29) is 36.2 Å². The number of benzene rings is 3. The second-order valence-corrected chi connectivity index (χ2v) is 18.2. The van der Waals surface area contributed by atoms with Gasteiger partial charge in [0.1, 0.15) is 18.5 Å². The second-order valence-electron chi connectivity index (χ2n) is 14.6. The molecule has 4 bridgehead atoms. The first-order valence-electron chi connectivity index (χ1n) is 17.6. The molecule has 10 heteroatoms. The van der Waals surface area contributed by atoms with Gasteiger partial charge in [-0.15, -0.1) is 0 Å². The summed E-state index contributed by atoms with van der Waals surface area (Å²) in [5.74, 6) is 2.32. The van der Waals surface area contributed by atoms with Gasteiger partial charge in [0, 0.05) is 12.1 Å². The fourth-order valence-electron chi connectivity index (χ4n) is 7.74. The van der Waals surface area contributed by atoms with Crippen molar-refractivity contribution < 1.29 is 36.8 Å². The second kappa shape index (κ2) is 16.3. The molecule has 4 aliphatic carbocycles. The number of esters is 2. The first-order valence-corrected chi connectivity index (χ1v) is 20.4. The molecule has 7 rings (SSSR count). The van der Waals surface area contributed by atoms with E-state index < -0.39 is 27.3 Å². The highest BCUT2D eigenvalue weighted by Gasteiger charge is 2.50. The molecule has 4 aliphatic rings. The van der Waals surface area contributed by atoms with Crippen molar-refractivity contribution in [2.45, 2.75) is 93.9 Å². The molecule has 3 aromatic rings. The predicted octanol–water partition coefficient (Wildman–Crippen LogP) is 7.66. The molecule has 50 heavy (non-hydrogen) atoms. The molecule has 4 saturated carbocycles. The van der Waals surface area contributed by atoms with Gasteiger partial charge in [-0.1, -0.05) is 43.3 Å². The highest BCUT2D eigenvalue weighted by molar-refractivity contribution is 7.97. The average molecular weight is 723 g/mol. The zero-order chi connectivity index (χ0) is 36.1. The Kier molecular flexibility index (Phi) is 12.4. The Morgan fingerprint density at radius 2 is 1.32 bits per heavy atom. The van der Waals surface area contributed by atoms with E-state index in [1.165, 1.54) is 46.8 Å². The molecule has 0 spiro atoms. The van der Waals surface area contributed by atoms with Crippen LogP contribution in [-0.2, 0) is 40.1 Å². The summed E-state index contributed by atoms with van der Waals surface area (Å²) in [4.78, 5) is 27.9. The van der Waals surface area contributed by atoms with Crippen LogP contribution in [0, 0.1) is 42.9 Å². The van der Waals surface area contributed by atoms with Gasteiger partial charge in [0.2, 0.25) is 0 Å². The number of ether oxygens (including phenoxy) is 3. The van der Waals surface area contributed by atoms with Crippen LogP contribution in [-0.4, -0.2) is 50.0 Å². The van der Waals surface area contributed by atoms with E-state index in [9.17, 15) is 22.6 Å². The van der Waals surface area contributed by atoms with Gasteiger partial charge in [0.15, 0.2) is 21.3 Å². The van der Waals surface area contributed by atoms with E-state index in [0.717, 1.165) is 28.7 Å². The molecule has 0 heterocycles. The van der Waals surface area contributed by atoms with E-state index in [0.29, 0.717) is 18.3 Å². The molecule has 0 aromatic heterocycles. The molecule has 0 radical (unpaired) electrons. The van der Waals surface area contributed by atoms with E-state index in [2.05, 4.69) is 91.4 Å². The molecule has 0 unspecified atom stereocenters. The number of rotatable bonds is 12. The fraction of sp³-hybridized carbons (Fsp3) is 0.500. The number of hydrogen-bond acceptors (Lipinski definition) is 8. The van der Waals surface area contributed by atoms with E-state index in [4.69, 9.17) is 9.47 Å². The molecular formula is C40H50O8S2. The van der Waals surface area contributed by atoms with Crippen LogP contribution in [0.2, 0.25) is 0 Å². The first kappa shape index (κ1) is 37.9. The first-order chi connectivity index (χ1) is 23.7. The molecule has 0 amide bonds. The third kappa shape index (κ3) is 9.70. The Labute approximate surface area is 300 Å².